The predicted molar refractivity (Wildman–Crippen MR) is 53.7 cm³/mol. The summed E-state index contributed by atoms with van der Waals surface area (Å²) < 4.78 is 28.3. The molecule has 1 unspecified atom stereocenters. The fraction of sp³-hybridized carbons (Fsp3) is 0.333. The zero-order valence-corrected chi connectivity index (χ0v) is 9.19. The lowest BCUT2D eigenvalue weighted by Gasteiger charge is -2.14. The molecule has 1 rings (SSSR count). The Hall–Kier alpha value is -0.580. The van der Waals surface area contributed by atoms with E-state index in [9.17, 15) is 13.9 Å². The normalized spacial score (nSPS) is 13.0. The van der Waals surface area contributed by atoms with Gasteiger partial charge < -0.3 is 9.84 Å². The highest BCUT2D eigenvalue weighted by Crippen LogP contribution is 2.36. The van der Waals surface area contributed by atoms with E-state index in [0.29, 0.717) is 0 Å². The molecule has 0 saturated heterocycles. The molecule has 1 aromatic rings. The van der Waals surface area contributed by atoms with Crippen molar-refractivity contribution in [1.29, 1.82) is 0 Å². The summed E-state index contributed by atoms with van der Waals surface area (Å²) in [6.07, 6.45) is -0.991. The summed E-state index contributed by atoms with van der Waals surface area (Å²) in [5, 5.41) is 9.52. The molecule has 0 radical (unpaired) electrons. The van der Waals surface area contributed by atoms with Crippen LogP contribution in [-0.2, 0) is 0 Å². The van der Waals surface area contributed by atoms with Crippen molar-refractivity contribution >= 4 is 23.2 Å². The Morgan fingerprint density at radius 2 is 1.93 bits per heavy atom. The van der Waals surface area contributed by atoms with Crippen LogP contribution in [0.25, 0.3) is 0 Å². The lowest BCUT2D eigenvalue weighted by Crippen LogP contribution is -2.06. The van der Waals surface area contributed by atoms with E-state index < -0.39 is 12.7 Å². The van der Waals surface area contributed by atoms with Gasteiger partial charge in [-0.25, -0.2) is 0 Å². The first-order valence-electron chi connectivity index (χ1n) is 4.03. The fourth-order valence-corrected chi connectivity index (χ4v) is 1.66. The first kappa shape index (κ1) is 12.5. The lowest BCUT2D eigenvalue weighted by atomic mass is 10.1. The average Bonchev–Trinajstić information content (AvgIpc) is 2.08. The minimum Gasteiger partial charge on any atom is -0.433 e. The van der Waals surface area contributed by atoms with Crippen molar-refractivity contribution in [3.63, 3.8) is 0 Å². The predicted octanol–water partition coefficient (Wildman–Crippen LogP) is 3.65. The highest BCUT2D eigenvalue weighted by Gasteiger charge is 2.17. The molecular weight excluding hydrogens is 249 g/mol. The van der Waals surface area contributed by atoms with E-state index in [-0.39, 0.29) is 21.4 Å². The molecule has 6 heteroatoms. The van der Waals surface area contributed by atoms with Gasteiger partial charge in [0.1, 0.15) is 0 Å². The Balaban J connectivity index is 3.21. The molecule has 1 aromatic carbocycles. The van der Waals surface area contributed by atoms with Crippen LogP contribution in [0.15, 0.2) is 12.1 Å². The van der Waals surface area contributed by atoms with Gasteiger partial charge in [0.05, 0.1) is 11.1 Å². The van der Waals surface area contributed by atoms with Crippen molar-refractivity contribution in [3.8, 4) is 5.75 Å². The minimum atomic E-state index is -3.00. The monoisotopic (exact) mass is 256 g/mol. The van der Waals surface area contributed by atoms with Crippen LogP contribution in [0.5, 0.6) is 5.75 Å². The van der Waals surface area contributed by atoms with E-state index in [0.717, 1.165) is 0 Å². The van der Waals surface area contributed by atoms with Crippen LogP contribution in [-0.4, -0.2) is 11.7 Å². The van der Waals surface area contributed by atoms with Crippen molar-refractivity contribution in [2.24, 2.45) is 0 Å². The average molecular weight is 257 g/mol. The van der Waals surface area contributed by atoms with Crippen LogP contribution in [0.2, 0.25) is 10.0 Å². The Bertz CT molecular complexity index is 356. The van der Waals surface area contributed by atoms with Crippen molar-refractivity contribution in [2.75, 3.05) is 0 Å². The van der Waals surface area contributed by atoms with Crippen molar-refractivity contribution in [1.82, 2.24) is 0 Å². The quantitative estimate of drug-likeness (QED) is 0.895. The summed E-state index contributed by atoms with van der Waals surface area (Å²) in [7, 11) is 0. The van der Waals surface area contributed by atoms with Crippen molar-refractivity contribution in [2.45, 2.75) is 19.6 Å². The standard InChI is InChI=1S/C9H8Cl2F2O2/c1-4(14)6-2-5(10)3-7(11)8(6)15-9(12)13/h2-4,9,14H,1H3. The van der Waals surface area contributed by atoms with Gasteiger partial charge in [-0.2, -0.15) is 8.78 Å². The lowest BCUT2D eigenvalue weighted by molar-refractivity contribution is -0.0513. The summed E-state index contributed by atoms with van der Waals surface area (Å²) in [6, 6.07) is 2.60. The number of rotatable bonds is 3. The number of hydrogen-bond acceptors (Lipinski definition) is 2. The van der Waals surface area contributed by atoms with Gasteiger partial charge in [-0.15, -0.1) is 0 Å². The molecule has 1 N–H and O–H groups in total. The van der Waals surface area contributed by atoms with E-state index in [4.69, 9.17) is 23.2 Å². The van der Waals surface area contributed by atoms with Crippen LogP contribution in [0, 0.1) is 0 Å². The van der Waals surface area contributed by atoms with Crippen LogP contribution in [0.4, 0.5) is 8.78 Å². The first-order chi connectivity index (χ1) is 6.91. The third-order valence-corrected chi connectivity index (χ3v) is 2.19. The zero-order valence-electron chi connectivity index (χ0n) is 7.68. The summed E-state index contributed by atoms with van der Waals surface area (Å²) >= 11 is 11.3. The highest BCUT2D eigenvalue weighted by atomic mass is 35.5. The SMILES string of the molecule is CC(O)c1cc(Cl)cc(Cl)c1OC(F)F. The zero-order chi connectivity index (χ0) is 11.6. The summed E-state index contributed by atoms with van der Waals surface area (Å²) in [6.45, 7) is -1.60. The molecule has 84 valence electrons. The van der Waals surface area contributed by atoms with E-state index in [1.165, 1.54) is 19.1 Å². The number of ether oxygens (including phenoxy) is 1. The van der Waals surface area contributed by atoms with Gasteiger partial charge in [-0.1, -0.05) is 23.2 Å². The largest absolute Gasteiger partial charge is 0.433 e. The number of aliphatic hydroxyl groups excluding tert-OH is 1. The van der Waals surface area contributed by atoms with Gasteiger partial charge >= 0.3 is 6.61 Å². The minimum absolute atomic E-state index is 0.0568. The van der Waals surface area contributed by atoms with Crippen molar-refractivity contribution < 1.29 is 18.6 Å². The van der Waals surface area contributed by atoms with Gasteiger partial charge in [0.2, 0.25) is 0 Å². The summed E-state index contributed by atoms with van der Waals surface area (Å²) in [5.41, 5.74) is 0.132. The molecule has 0 aliphatic rings. The number of benzene rings is 1. The molecule has 0 aromatic heterocycles. The first-order valence-corrected chi connectivity index (χ1v) is 4.79. The van der Waals surface area contributed by atoms with Gasteiger partial charge in [0, 0.05) is 10.6 Å². The Kier molecular flexibility index (Phi) is 4.13. The van der Waals surface area contributed by atoms with Crippen LogP contribution < -0.4 is 4.74 Å². The second-order valence-electron chi connectivity index (χ2n) is 2.86. The summed E-state index contributed by atoms with van der Waals surface area (Å²) in [4.78, 5) is 0. The maximum Gasteiger partial charge on any atom is 0.387 e. The maximum absolute atomic E-state index is 12.0. The highest BCUT2D eigenvalue weighted by molar-refractivity contribution is 6.35. The second kappa shape index (κ2) is 4.96. The Morgan fingerprint density at radius 3 is 2.40 bits per heavy atom. The summed E-state index contributed by atoms with van der Waals surface area (Å²) in [5.74, 6) is -0.244. The molecule has 15 heavy (non-hydrogen) atoms. The molecule has 0 aliphatic carbocycles. The van der Waals surface area contributed by atoms with Crippen LogP contribution >= 0.6 is 23.2 Å². The number of alkyl halides is 2. The Labute approximate surface area is 95.4 Å². The molecule has 1 atom stereocenters. The molecule has 2 nitrogen and oxygen atoms in total. The van der Waals surface area contributed by atoms with Crippen LogP contribution in [0.1, 0.15) is 18.6 Å². The van der Waals surface area contributed by atoms with E-state index in [1.54, 1.807) is 0 Å². The second-order valence-corrected chi connectivity index (χ2v) is 3.70. The van der Waals surface area contributed by atoms with Crippen molar-refractivity contribution in [3.05, 3.63) is 27.7 Å². The molecule has 0 amide bonds. The number of hydrogen-bond donors (Lipinski definition) is 1. The van der Waals surface area contributed by atoms with Gasteiger partial charge in [0.15, 0.2) is 5.75 Å². The third kappa shape index (κ3) is 3.19. The van der Waals surface area contributed by atoms with Gasteiger partial charge in [-0.3, -0.25) is 0 Å². The van der Waals surface area contributed by atoms with Gasteiger partial charge in [-0.05, 0) is 19.1 Å². The van der Waals surface area contributed by atoms with Crippen LogP contribution in [0.3, 0.4) is 0 Å². The molecule has 0 heterocycles. The fourth-order valence-electron chi connectivity index (χ4n) is 1.10. The number of aliphatic hydroxyl groups is 1. The third-order valence-electron chi connectivity index (χ3n) is 1.69. The molecule has 0 bridgehead atoms. The molecular formula is C9H8Cl2F2O2. The Morgan fingerprint density at radius 1 is 1.33 bits per heavy atom. The van der Waals surface area contributed by atoms with E-state index in [2.05, 4.69) is 4.74 Å². The van der Waals surface area contributed by atoms with Gasteiger partial charge in [0.25, 0.3) is 0 Å². The number of halogens is 4. The smallest absolute Gasteiger partial charge is 0.387 e. The molecule has 0 spiro atoms. The molecule has 0 saturated carbocycles. The molecule has 0 aliphatic heterocycles. The van der Waals surface area contributed by atoms with E-state index >= 15 is 0 Å². The molecule has 0 fully saturated rings. The van der Waals surface area contributed by atoms with E-state index in [1.807, 2.05) is 0 Å². The topological polar surface area (TPSA) is 29.5 Å². The maximum atomic E-state index is 12.0.